The molecule has 4 amide bonds. The molecule has 2 saturated heterocycles. The van der Waals surface area contributed by atoms with E-state index in [0.29, 0.717) is 13.1 Å². The van der Waals surface area contributed by atoms with E-state index in [2.05, 4.69) is 15.6 Å². The minimum atomic E-state index is -0.764. The maximum atomic E-state index is 12.2. The van der Waals surface area contributed by atoms with Crippen LogP contribution in [0.5, 0.6) is 5.75 Å². The van der Waals surface area contributed by atoms with Gasteiger partial charge in [-0.25, -0.2) is 4.79 Å². The summed E-state index contributed by atoms with van der Waals surface area (Å²) >= 11 is 0. The van der Waals surface area contributed by atoms with Crippen molar-refractivity contribution in [3.63, 3.8) is 0 Å². The quantitative estimate of drug-likeness (QED) is 0.764. The summed E-state index contributed by atoms with van der Waals surface area (Å²) in [6, 6.07) is 2.36. The highest BCUT2D eigenvalue weighted by Gasteiger charge is 2.33. The summed E-state index contributed by atoms with van der Waals surface area (Å²) in [4.78, 5) is 40.4. The molecule has 1 unspecified atom stereocenters. The number of carbonyl (C=O) groups is 3. The average Bonchev–Trinajstić information content (AvgIpc) is 2.86. The van der Waals surface area contributed by atoms with Crippen molar-refractivity contribution >= 4 is 17.8 Å². The molecule has 2 aliphatic heterocycles. The van der Waals surface area contributed by atoms with E-state index in [1.54, 1.807) is 17.3 Å². The van der Waals surface area contributed by atoms with Crippen LogP contribution in [0.3, 0.4) is 0 Å². The molecule has 0 bridgehead atoms. The van der Waals surface area contributed by atoms with Gasteiger partial charge in [0.25, 0.3) is 5.91 Å². The molecule has 0 aliphatic carbocycles. The van der Waals surface area contributed by atoms with E-state index in [9.17, 15) is 14.4 Å². The Bertz CT molecular complexity index is 599. The number of likely N-dealkylation sites (tertiary alicyclic amines) is 1. The third kappa shape index (κ3) is 3.77. The first kappa shape index (κ1) is 15.3. The van der Waals surface area contributed by atoms with Crippen LogP contribution in [0.25, 0.3) is 0 Å². The molecule has 3 rings (SSSR count). The standard InChI is InChI=1S/C15H18N4O4/c20-13(8-12-14(21)18-15(22)17-12)19-6-3-10(4-7-19)23-11-2-1-5-16-9-11/h1-2,5,9-10,12H,3-4,6-8H2,(H2,17,18,21,22). The van der Waals surface area contributed by atoms with E-state index < -0.39 is 18.0 Å². The molecule has 8 nitrogen and oxygen atoms in total. The number of hydrogen-bond acceptors (Lipinski definition) is 5. The van der Waals surface area contributed by atoms with Gasteiger partial charge >= 0.3 is 6.03 Å². The molecule has 8 heteroatoms. The molecule has 3 heterocycles. The van der Waals surface area contributed by atoms with Crippen LogP contribution >= 0.6 is 0 Å². The number of urea groups is 1. The second-order valence-corrected chi connectivity index (χ2v) is 5.61. The monoisotopic (exact) mass is 318 g/mol. The molecule has 0 radical (unpaired) electrons. The number of pyridine rings is 1. The third-order valence-corrected chi connectivity index (χ3v) is 3.97. The fourth-order valence-corrected chi connectivity index (χ4v) is 2.74. The predicted molar refractivity (Wildman–Crippen MR) is 79.5 cm³/mol. The van der Waals surface area contributed by atoms with Gasteiger partial charge in [0.1, 0.15) is 17.9 Å². The van der Waals surface area contributed by atoms with E-state index in [0.717, 1.165) is 18.6 Å². The first-order valence-corrected chi connectivity index (χ1v) is 7.57. The minimum absolute atomic E-state index is 0.00823. The van der Waals surface area contributed by atoms with Crippen LogP contribution in [0.1, 0.15) is 19.3 Å². The average molecular weight is 318 g/mol. The summed E-state index contributed by atoms with van der Waals surface area (Å²) in [7, 11) is 0. The molecule has 0 aromatic carbocycles. The lowest BCUT2D eigenvalue weighted by Crippen LogP contribution is -2.44. The Labute approximate surface area is 133 Å². The van der Waals surface area contributed by atoms with Crippen molar-refractivity contribution in [2.75, 3.05) is 13.1 Å². The zero-order chi connectivity index (χ0) is 16.2. The van der Waals surface area contributed by atoms with E-state index in [4.69, 9.17) is 4.74 Å². The highest BCUT2D eigenvalue weighted by Crippen LogP contribution is 2.18. The number of amides is 4. The van der Waals surface area contributed by atoms with Gasteiger partial charge in [0, 0.05) is 32.1 Å². The van der Waals surface area contributed by atoms with Gasteiger partial charge in [-0.1, -0.05) is 0 Å². The van der Waals surface area contributed by atoms with Gasteiger partial charge in [0.05, 0.1) is 12.6 Å². The molecular weight excluding hydrogens is 300 g/mol. The summed E-state index contributed by atoms with van der Waals surface area (Å²) in [5, 5.41) is 4.56. The minimum Gasteiger partial charge on any atom is -0.489 e. The van der Waals surface area contributed by atoms with Crippen LogP contribution in [0.2, 0.25) is 0 Å². The predicted octanol–water partition coefficient (Wildman–Crippen LogP) is 0.0495. The first-order valence-electron chi connectivity index (χ1n) is 7.57. The van der Waals surface area contributed by atoms with E-state index in [-0.39, 0.29) is 18.4 Å². The number of rotatable bonds is 4. The van der Waals surface area contributed by atoms with Gasteiger partial charge < -0.3 is 15.0 Å². The van der Waals surface area contributed by atoms with Crippen LogP contribution < -0.4 is 15.4 Å². The molecule has 0 spiro atoms. The summed E-state index contributed by atoms with van der Waals surface area (Å²) in [5.74, 6) is 0.146. The van der Waals surface area contributed by atoms with Gasteiger partial charge in [-0.15, -0.1) is 0 Å². The number of ether oxygens (including phenoxy) is 1. The van der Waals surface area contributed by atoms with Gasteiger partial charge in [-0.3, -0.25) is 19.9 Å². The topological polar surface area (TPSA) is 101 Å². The van der Waals surface area contributed by atoms with Crippen molar-refractivity contribution in [2.45, 2.75) is 31.4 Å². The van der Waals surface area contributed by atoms with Crippen LogP contribution in [0.15, 0.2) is 24.5 Å². The Balaban J connectivity index is 1.46. The lowest BCUT2D eigenvalue weighted by Gasteiger charge is -2.32. The zero-order valence-electron chi connectivity index (χ0n) is 12.5. The van der Waals surface area contributed by atoms with E-state index in [1.165, 1.54) is 0 Å². The maximum absolute atomic E-state index is 12.2. The lowest BCUT2D eigenvalue weighted by molar-refractivity contribution is -0.135. The molecule has 1 aromatic heterocycles. The summed E-state index contributed by atoms with van der Waals surface area (Å²) in [6.45, 7) is 1.15. The van der Waals surface area contributed by atoms with Crippen molar-refractivity contribution < 1.29 is 19.1 Å². The molecule has 1 aromatic rings. The number of imide groups is 1. The number of piperidine rings is 1. The Hall–Kier alpha value is -2.64. The molecule has 1 atom stereocenters. The second-order valence-electron chi connectivity index (χ2n) is 5.61. The van der Waals surface area contributed by atoms with Crippen LogP contribution in [-0.4, -0.2) is 53.0 Å². The number of nitrogens with one attached hydrogen (secondary N) is 2. The largest absolute Gasteiger partial charge is 0.489 e. The van der Waals surface area contributed by atoms with Crippen molar-refractivity contribution in [3.05, 3.63) is 24.5 Å². The van der Waals surface area contributed by atoms with Gasteiger partial charge in [-0.05, 0) is 12.1 Å². The normalized spacial score (nSPS) is 21.7. The van der Waals surface area contributed by atoms with E-state index in [1.807, 2.05) is 12.1 Å². The Morgan fingerprint density at radius 1 is 1.35 bits per heavy atom. The van der Waals surface area contributed by atoms with Crippen molar-refractivity contribution in [2.24, 2.45) is 0 Å². The summed E-state index contributed by atoms with van der Waals surface area (Å²) in [5.41, 5.74) is 0. The summed E-state index contributed by atoms with van der Waals surface area (Å²) < 4.78 is 5.83. The molecular formula is C15H18N4O4. The SMILES string of the molecule is O=C1NC(=O)C(CC(=O)N2CCC(Oc3cccnc3)CC2)N1. The molecule has 122 valence electrons. The fraction of sp³-hybridized carbons (Fsp3) is 0.467. The van der Waals surface area contributed by atoms with Gasteiger partial charge in [0.15, 0.2) is 0 Å². The fourth-order valence-electron chi connectivity index (χ4n) is 2.74. The molecule has 2 N–H and O–H groups in total. The zero-order valence-corrected chi connectivity index (χ0v) is 12.5. The first-order chi connectivity index (χ1) is 11.1. The number of hydrogen-bond donors (Lipinski definition) is 2. The van der Waals surface area contributed by atoms with Crippen LogP contribution in [-0.2, 0) is 9.59 Å². The van der Waals surface area contributed by atoms with Gasteiger partial charge in [-0.2, -0.15) is 0 Å². The highest BCUT2D eigenvalue weighted by atomic mass is 16.5. The van der Waals surface area contributed by atoms with E-state index >= 15 is 0 Å². The maximum Gasteiger partial charge on any atom is 0.322 e. The van der Waals surface area contributed by atoms with Crippen LogP contribution in [0, 0.1) is 0 Å². The van der Waals surface area contributed by atoms with Gasteiger partial charge in [0.2, 0.25) is 5.91 Å². The van der Waals surface area contributed by atoms with Crippen molar-refractivity contribution in [1.29, 1.82) is 0 Å². The number of carbonyl (C=O) groups excluding carboxylic acids is 3. The number of nitrogens with zero attached hydrogens (tertiary/aromatic N) is 2. The van der Waals surface area contributed by atoms with Crippen molar-refractivity contribution in [3.8, 4) is 5.75 Å². The molecule has 0 saturated carbocycles. The highest BCUT2D eigenvalue weighted by molar-refractivity contribution is 6.05. The lowest BCUT2D eigenvalue weighted by atomic mass is 10.1. The number of aromatic nitrogens is 1. The molecule has 23 heavy (non-hydrogen) atoms. The summed E-state index contributed by atoms with van der Waals surface area (Å²) in [6.07, 6.45) is 4.85. The van der Waals surface area contributed by atoms with Crippen LogP contribution in [0.4, 0.5) is 4.79 Å². The molecule has 2 fully saturated rings. The smallest absolute Gasteiger partial charge is 0.322 e. The Morgan fingerprint density at radius 3 is 2.74 bits per heavy atom. The Kier molecular flexibility index (Phi) is 4.40. The third-order valence-electron chi connectivity index (χ3n) is 3.97. The Morgan fingerprint density at radius 2 is 2.13 bits per heavy atom. The second kappa shape index (κ2) is 6.64. The molecule has 2 aliphatic rings. The van der Waals surface area contributed by atoms with Crippen molar-refractivity contribution in [1.82, 2.24) is 20.5 Å².